The maximum absolute atomic E-state index is 13.5. The van der Waals surface area contributed by atoms with Gasteiger partial charge in [0.1, 0.15) is 0 Å². The van der Waals surface area contributed by atoms with Crippen LogP contribution in [0.3, 0.4) is 0 Å². The Bertz CT molecular complexity index is 1290. The molecule has 0 radical (unpaired) electrons. The van der Waals surface area contributed by atoms with E-state index in [0.29, 0.717) is 38.4 Å². The maximum Gasteiger partial charge on any atom is 0.374 e. The number of anilines is 2. The number of halogens is 1. The molecule has 2 aliphatic heterocycles. The highest BCUT2D eigenvalue weighted by molar-refractivity contribution is 7.99. The van der Waals surface area contributed by atoms with E-state index in [0.717, 1.165) is 18.6 Å². The quantitative estimate of drug-likeness (QED) is 0.262. The molecule has 2 aromatic carbocycles. The van der Waals surface area contributed by atoms with Crippen LogP contribution in [0.4, 0.5) is 11.4 Å². The number of nitrogens with one attached hydrogen (secondary N) is 3. The Morgan fingerprint density at radius 3 is 2.73 bits per heavy atom. The second-order valence-corrected chi connectivity index (χ2v) is 9.83. The third kappa shape index (κ3) is 3.71. The van der Waals surface area contributed by atoms with E-state index in [9.17, 15) is 9.59 Å². The minimum absolute atomic E-state index is 0.282. The molecule has 1 amide bonds. The summed E-state index contributed by atoms with van der Waals surface area (Å²) in [5.74, 6) is 0.534. The molecule has 0 unspecified atom stereocenters. The minimum atomic E-state index is -1.41. The fraction of sp³-hybridized carbons (Fsp3) is 0.333. The molecule has 0 aliphatic carbocycles. The smallest absolute Gasteiger partial charge is 0.317 e. The first kappa shape index (κ1) is 22.0. The molecule has 0 saturated heterocycles. The number of carbonyl (C=O) groups excluding carboxylic acids is 1. The van der Waals surface area contributed by atoms with Crippen molar-refractivity contribution in [3.05, 3.63) is 63.4 Å². The number of H-pyrrole nitrogens is 1. The van der Waals surface area contributed by atoms with Crippen LogP contribution in [0.1, 0.15) is 44.6 Å². The van der Waals surface area contributed by atoms with Crippen molar-refractivity contribution in [2.45, 2.75) is 49.8 Å². The Hall–Kier alpha value is -2.84. The van der Waals surface area contributed by atoms with E-state index >= 15 is 0 Å². The summed E-state index contributed by atoms with van der Waals surface area (Å²) in [6.45, 7) is 2.19. The number of unbranched alkanes of at least 4 members (excludes halogenated alkanes) is 4. The van der Waals surface area contributed by atoms with E-state index in [-0.39, 0.29) is 11.5 Å². The number of thioether (sulfide) groups is 1. The number of fused-ring (bicyclic) bond motifs is 6. The van der Waals surface area contributed by atoms with E-state index in [4.69, 9.17) is 16.7 Å². The average Bonchev–Trinajstić information content (AvgIpc) is 3.07. The second kappa shape index (κ2) is 8.83. The molecule has 0 bridgehead atoms. The van der Waals surface area contributed by atoms with Crippen molar-refractivity contribution in [3.8, 4) is 11.3 Å². The summed E-state index contributed by atoms with van der Waals surface area (Å²) in [5.41, 5.74) is 1.29. The highest BCUT2D eigenvalue weighted by atomic mass is 35.5. The molecule has 9 heteroatoms. The molecule has 2 aliphatic rings. The minimum Gasteiger partial charge on any atom is -0.317 e. The second-order valence-electron chi connectivity index (χ2n) is 8.31. The third-order valence-electron chi connectivity index (χ3n) is 6.09. The molecule has 3 heterocycles. The van der Waals surface area contributed by atoms with E-state index in [1.807, 2.05) is 24.3 Å². The number of hydrogen-bond donors (Lipinski definition) is 3. The zero-order valence-electron chi connectivity index (χ0n) is 18.3. The highest BCUT2D eigenvalue weighted by Crippen LogP contribution is 2.42. The van der Waals surface area contributed by atoms with Gasteiger partial charge in [0.25, 0.3) is 0 Å². The Balaban J connectivity index is 1.61. The van der Waals surface area contributed by atoms with Gasteiger partial charge in [-0.1, -0.05) is 68.1 Å². The van der Waals surface area contributed by atoms with Crippen molar-refractivity contribution in [1.29, 1.82) is 0 Å². The van der Waals surface area contributed by atoms with Crippen molar-refractivity contribution in [2.75, 3.05) is 16.4 Å². The van der Waals surface area contributed by atoms with Crippen molar-refractivity contribution in [3.63, 3.8) is 0 Å². The first-order valence-corrected chi connectivity index (χ1v) is 12.6. The van der Waals surface area contributed by atoms with Crippen LogP contribution in [0.2, 0.25) is 5.02 Å². The van der Waals surface area contributed by atoms with E-state index in [1.54, 1.807) is 18.2 Å². The van der Waals surface area contributed by atoms with E-state index < -0.39 is 5.66 Å². The lowest BCUT2D eigenvalue weighted by molar-refractivity contribution is -0.781. The van der Waals surface area contributed by atoms with Crippen LogP contribution >= 0.6 is 23.4 Å². The predicted molar refractivity (Wildman–Crippen MR) is 131 cm³/mol. The standard InChI is InChI=1S/C24H24ClN5O2S/c1-2-3-4-5-8-13-33-23-27-21(31)20-16-9-6-7-10-18(16)28-24(30(20)29-23)17-14-15(25)11-12-19(17)26-22(24)32/h6-7,9-12,14H,2-5,8,13H2,1H3,(H2,26,27,29,31,32)/p+1/t24-/m0/s1. The van der Waals surface area contributed by atoms with Gasteiger partial charge in [-0.05, 0) is 41.4 Å². The van der Waals surface area contributed by atoms with Crippen molar-refractivity contribution in [2.24, 2.45) is 0 Å². The van der Waals surface area contributed by atoms with Gasteiger partial charge in [-0.3, -0.25) is 14.6 Å². The number of amides is 1. The monoisotopic (exact) mass is 482 g/mol. The summed E-state index contributed by atoms with van der Waals surface area (Å²) in [4.78, 5) is 29.7. The number of benzene rings is 2. The first-order chi connectivity index (χ1) is 16.0. The number of carbonyl (C=O) groups is 1. The largest absolute Gasteiger partial charge is 0.374 e. The van der Waals surface area contributed by atoms with Gasteiger partial charge in [0.05, 0.1) is 22.5 Å². The molecule has 7 nitrogen and oxygen atoms in total. The average molecular weight is 483 g/mol. The fourth-order valence-electron chi connectivity index (χ4n) is 4.48. The summed E-state index contributed by atoms with van der Waals surface area (Å²) in [7, 11) is 0. The lowest BCUT2D eigenvalue weighted by Gasteiger charge is -2.28. The fourth-order valence-corrected chi connectivity index (χ4v) is 5.50. The van der Waals surface area contributed by atoms with Gasteiger partial charge in [-0.2, -0.15) is 0 Å². The normalized spacial score (nSPS) is 17.8. The zero-order chi connectivity index (χ0) is 23.0. The first-order valence-electron chi connectivity index (χ1n) is 11.2. The molecule has 0 saturated carbocycles. The Kier molecular flexibility index (Phi) is 5.88. The van der Waals surface area contributed by atoms with Gasteiger partial charge in [0.15, 0.2) is 0 Å². The molecular weight excluding hydrogens is 458 g/mol. The summed E-state index contributed by atoms with van der Waals surface area (Å²) in [6.07, 6.45) is 5.84. The van der Waals surface area contributed by atoms with Crippen LogP contribution in [0, 0.1) is 0 Å². The number of aromatic amines is 1. The number of hydrogen-bond acceptors (Lipinski definition) is 5. The molecule has 170 valence electrons. The van der Waals surface area contributed by atoms with E-state index in [1.165, 1.54) is 35.7 Å². The molecule has 5 rings (SSSR count). The lowest BCUT2D eigenvalue weighted by atomic mass is 9.95. The highest BCUT2D eigenvalue weighted by Gasteiger charge is 2.62. The van der Waals surface area contributed by atoms with Crippen LogP contribution in [0.25, 0.3) is 11.3 Å². The van der Waals surface area contributed by atoms with E-state index in [2.05, 4.69) is 22.5 Å². The summed E-state index contributed by atoms with van der Waals surface area (Å²) < 4.78 is 1.53. The van der Waals surface area contributed by atoms with Crippen molar-refractivity contribution < 1.29 is 9.48 Å². The summed E-state index contributed by atoms with van der Waals surface area (Å²) in [6, 6.07) is 12.7. The molecule has 1 spiro atoms. The van der Waals surface area contributed by atoms with Gasteiger partial charge >= 0.3 is 22.8 Å². The van der Waals surface area contributed by atoms with Gasteiger partial charge in [0, 0.05) is 15.9 Å². The number of rotatable bonds is 7. The summed E-state index contributed by atoms with van der Waals surface area (Å²) in [5, 5.41) is 12.1. The van der Waals surface area contributed by atoms with Gasteiger partial charge in [-0.25, -0.2) is 0 Å². The number of aromatic nitrogens is 3. The van der Waals surface area contributed by atoms with Crippen LogP contribution in [-0.4, -0.2) is 21.7 Å². The summed E-state index contributed by atoms with van der Waals surface area (Å²) >= 11 is 7.82. The predicted octanol–water partition coefficient (Wildman–Crippen LogP) is 4.52. The molecule has 3 N–H and O–H groups in total. The van der Waals surface area contributed by atoms with Gasteiger partial charge in [-0.15, -0.1) is 0 Å². The van der Waals surface area contributed by atoms with Crippen molar-refractivity contribution in [1.82, 2.24) is 10.1 Å². The lowest BCUT2D eigenvalue weighted by Crippen LogP contribution is -2.71. The Morgan fingerprint density at radius 2 is 1.88 bits per heavy atom. The van der Waals surface area contributed by atoms with Crippen LogP contribution in [0.5, 0.6) is 0 Å². The Morgan fingerprint density at radius 1 is 1.06 bits per heavy atom. The molecular formula is C24H25ClN5O2S+. The molecule has 1 atom stereocenters. The molecule has 3 aromatic rings. The molecule has 1 aromatic heterocycles. The third-order valence-corrected chi connectivity index (χ3v) is 7.27. The molecule has 0 fully saturated rings. The number of nitrogens with zero attached hydrogens (tertiary/aromatic N) is 2. The van der Waals surface area contributed by atoms with Crippen molar-refractivity contribution >= 4 is 40.6 Å². The maximum atomic E-state index is 13.5. The van der Waals surface area contributed by atoms with Gasteiger partial charge in [0.2, 0.25) is 5.16 Å². The van der Waals surface area contributed by atoms with Crippen LogP contribution < -0.4 is 20.9 Å². The zero-order valence-corrected chi connectivity index (χ0v) is 19.9. The molecule has 33 heavy (non-hydrogen) atoms. The van der Waals surface area contributed by atoms with Crippen LogP contribution in [0.15, 0.2) is 52.4 Å². The van der Waals surface area contributed by atoms with Crippen LogP contribution in [-0.2, 0) is 10.5 Å². The topological polar surface area (TPSA) is 90.8 Å². The number of para-hydroxylation sites is 1. The SMILES string of the molecule is CCCCCCCSc1n[n+]2c(c(=O)[nH]1)-c1ccccc1N[C@]21C(=O)Nc2ccc(Cl)cc21. The Labute approximate surface area is 201 Å². The van der Waals surface area contributed by atoms with Gasteiger partial charge < -0.3 is 10.6 Å².